The molecule has 17 atom stereocenters. The molecule has 3 rings (SSSR count). The van der Waals surface area contributed by atoms with Crippen molar-refractivity contribution >= 4 is 5.91 Å². The number of aliphatic hydroxyl groups excluding tert-OH is 11. The first kappa shape index (κ1) is 93.2. The van der Waals surface area contributed by atoms with Gasteiger partial charge in [0.05, 0.1) is 38.6 Å². The standard InChI is InChI=1S/C82H153NO18/c1-3-5-7-9-11-13-15-17-19-21-23-25-27-29-30-31-32-33-34-36-37-39-41-43-45-47-49-51-53-55-57-59-66(87)65(83-70(88)60-58-56-54-52-50-48-46-44-42-40-38-35-28-26-24-22-20-18-16-14-12-10-8-6-4-2)64-96-80-76(94)73(91)78(68(62-85)98-80)101-82-77(95)74(92)79(69(63-86)99-82)100-81-75(93)72(90)71(89)67(61-84)97-81/h16,18,22,24,57,59,65-69,71-82,84-87,89-95H,3-15,17,19-21,23,25-56,58,60-64H2,1-2H3,(H,83,88)/b18-16-,24-22-,59-57+. The minimum atomic E-state index is -1.98. The van der Waals surface area contributed by atoms with E-state index in [1.54, 1.807) is 6.08 Å². The first-order chi connectivity index (χ1) is 49.3. The third kappa shape index (κ3) is 43.0. The Morgan fingerprint density at radius 3 is 1.01 bits per heavy atom. The molecule has 3 saturated heterocycles. The van der Waals surface area contributed by atoms with Crippen molar-refractivity contribution in [2.24, 2.45) is 0 Å². The van der Waals surface area contributed by atoms with Crippen LogP contribution in [0.3, 0.4) is 0 Å². The van der Waals surface area contributed by atoms with Crippen LogP contribution in [0, 0.1) is 0 Å². The second-order valence-corrected chi connectivity index (χ2v) is 29.9. The molecule has 19 heteroatoms. The largest absolute Gasteiger partial charge is 0.394 e. The number of carbonyl (C=O) groups is 1. The summed E-state index contributed by atoms with van der Waals surface area (Å²) < 4.78 is 34.5. The predicted molar refractivity (Wildman–Crippen MR) is 402 cm³/mol. The average Bonchev–Trinajstić information content (AvgIpc) is 0.782. The molecule has 0 aromatic carbocycles. The Hall–Kier alpha value is -1.99. The van der Waals surface area contributed by atoms with E-state index in [1.165, 1.54) is 270 Å². The number of rotatable bonds is 67. The zero-order valence-corrected chi connectivity index (χ0v) is 63.7. The summed E-state index contributed by atoms with van der Waals surface area (Å²) in [7, 11) is 0. The molecule has 101 heavy (non-hydrogen) atoms. The highest BCUT2D eigenvalue weighted by Gasteiger charge is 2.54. The van der Waals surface area contributed by atoms with Crippen LogP contribution in [0.15, 0.2) is 36.5 Å². The van der Waals surface area contributed by atoms with Gasteiger partial charge in [-0.25, -0.2) is 0 Å². The van der Waals surface area contributed by atoms with Gasteiger partial charge in [0.2, 0.25) is 5.91 Å². The Labute approximate surface area is 612 Å². The summed E-state index contributed by atoms with van der Waals surface area (Å²) in [5.41, 5.74) is 0. The van der Waals surface area contributed by atoms with Gasteiger partial charge in [0, 0.05) is 6.42 Å². The molecular formula is C82H153NO18. The molecule has 3 fully saturated rings. The van der Waals surface area contributed by atoms with Crippen LogP contribution >= 0.6 is 0 Å². The van der Waals surface area contributed by atoms with Crippen molar-refractivity contribution in [1.29, 1.82) is 0 Å². The van der Waals surface area contributed by atoms with Crippen molar-refractivity contribution in [3.63, 3.8) is 0 Å². The van der Waals surface area contributed by atoms with E-state index in [9.17, 15) is 61.0 Å². The smallest absolute Gasteiger partial charge is 0.220 e. The normalized spacial score (nSPS) is 26.4. The van der Waals surface area contributed by atoms with Gasteiger partial charge in [0.25, 0.3) is 0 Å². The number of carbonyl (C=O) groups excluding carboxylic acids is 1. The van der Waals surface area contributed by atoms with E-state index >= 15 is 0 Å². The highest BCUT2D eigenvalue weighted by Crippen LogP contribution is 2.33. The minimum Gasteiger partial charge on any atom is -0.394 e. The Morgan fingerprint density at radius 1 is 0.356 bits per heavy atom. The maximum atomic E-state index is 13.5. The summed E-state index contributed by atoms with van der Waals surface area (Å²) in [6, 6.07) is -0.975. The van der Waals surface area contributed by atoms with Crippen molar-refractivity contribution in [2.45, 2.75) is 452 Å². The Kier molecular flexibility index (Phi) is 58.1. The molecule has 1 amide bonds. The van der Waals surface area contributed by atoms with Crippen LogP contribution in [0.25, 0.3) is 0 Å². The van der Waals surface area contributed by atoms with Crippen molar-refractivity contribution in [1.82, 2.24) is 5.32 Å². The number of unbranched alkanes of at least 4 members (excludes halogenated alkanes) is 47. The van der Waals surface area contributed by atoms with E-state index in [2.05, 4.69) is 43.5 Å². The maximum absolute atomic E-state index is 13.5. The summed E-state index contributed by atoms with van der Waals surface area (Å²) in [6.07, 6.45) is 51.3. The summed E-state index contributed by atoms with van der Waals surface area (Å²) in [5, 5.41) is 121. The van der Waals surface area contributed by atoms with Gasteiger partial charge in [0.1, 0.15) is 73.2 Å². The van der Waals surface area contributed by atoms with Crippen LogP contribution in [-0.2, 0) is 33.2 Å². The molecular weight excluding hydrogens is 1290 g/mol. The lowest BCUT2D eigenvalue weighted by Gasteiger charge is -2.48. The molecule has 3 heterocycles. The number of allylic oxidation sites excluding steroid dienone is 5. The lowest BCUT2D eigenvalue weighted by molar-refractivity contribution is -0.379. The van der Waals surface area contributed by atoms with Crippen molar-refractivity contribution < 1.29 is 89.4 Å². The van der Waals surface area contributed by atoms with Gasteiger partial charge < -0.3 is 89.9 Å². The molecule has 0 spiro atoms. The number of ether oxygens (including phenoxy) is 6. The van der Waals surface area contributed by atoms with Crippen molar-refractivity contribution in [2.75, 3.05) is 26.4 Å². The highest BCUT2D eigenvalue weighted by atomic mass is 16.8. The monoisotopic (exact) mass is 1440 g/mol. The van der Waals surface area contributed by atoms with Gasteiger partial charge in [-0.15, -0.1) is 0 Å². The van der Waals surface area contributed by atoms with E-state index in [4.69, 9.17) is 28.4 Å². The van der Waals surface area contributed by atoms with E-state index in [1.807, 2.05) is 6.08 Å². The fourth-order valence-electron chi connectivity index (χ4n) is 14.2. The highest BCUT2D eigenvalue weighted by molar-refractivity contribution is 5.76. The first-order valence-corrected chi connectivity index (χ1v) is 41.7. The van der Waals surface area contributed by atoms with E-state index in [0.717, 1.165) is 51.4 Å². The second kappa shape index (κ2) is 63.0. The SMILES string of the molecule is CCCCCCC/C=C\C/C=C\CCCCCCCCCCCCCCCC(=O)NC(COC1OC(CO)C(OC2OC(CO)C(OC3OC(CO)C(O)C(O)C3O)C(O)C2O)C(O)C1O)C(O)/C=C/CCCCCCCCCCCCCCCCCCCCCCCCCCCCCCC. The maximum Gasteiger partial charge on any atom is 0.220 e. The number of hydrogen-bond donors (Lipinski definition) is 12. The third-order valence-electron chi connectivity index (χ3n) is 20.9. The predicted octanol–water partition coefficient (Wildman–Crippen LogP) is 14.3. The summed E-state index contributed by atoms with van der Waals surface area (Å²) in [6.45, 7) is 1.78. The van der Waals surface area contributed by atoms with Gasteiger partial charge in [-0.1, -0.05) is 326 Å². The van der Waals surface area contributed by atoms with Gasteiger partial charge in [-0.3, -0.25) is 4.79 Å². The van der Waals surface area contributed by atoms with Crippen LogP contribution in [0.4, 0.5) is 0 Å². The lowest BCUT2D eigenvalue weighted by Crippen LogP contribution is -2.66. The Morgan fingerprint density at radius 2 is 0.653 bits per heavy atom. The molecule has 0 aromatic heterocycles. The first-order valence-electron chi connectivity index (χ1n) is 41.7. The molecule has 0 aromatic rings. The van der Waals surface area contributed by atoms with E-state index in [-0.39, 0.29) is 18.9 Å². The van der Waals surface area contributed by atoms with Crippen LogP contribution in [0.2, 0.25) is 0 Å². The molecule has 0 radical (unpaired) electrons. The fraction of sp³-hybridized carbons (Fsp3) is 0.915. The van der Waals surface area contributed by atoms with Gasteiger partial charge in [0.15, 0.2) is 18.9 Å². The molecule has 12 N–H and O–H groups in total. The Bertz CT molecular complexity index is 1960. The second-order valence-electron chi connectivity index (χ2n) is 29.9. The summed E-state index contributed by atoms with van der Waals surface area (Å²) >= 11 is 0. The van der Waals surface area contributed by atoms with Crippen LogP contribution in [0.1, 0.15) is 348 Å². The zero-order chi connectivity index (χ0) is 73.2. The quantitative estimate of drug-likeness (QED) is 0.0199. The van der Waals surface area contributed by atoms with Gasteiger partial charge >= 0.3 is 0 Å². The topological polar surface area (TPSA) is 307 Å². The number of hydrogen-bond acceptors (Lipinski definition) is 18. The van der Waals surface area contributed by atoms with Crippen LogP contribution in [-0.4, -0.2) is 193 Å². The van der Waals surface area contributed by atoms with Crippen LogP contribution < -0.4 is 5.32 Å². The molecule has 594 valence electrons. The van der Waals surface area contributed by atoms with Crippen molar-refractivity contribution in [3.8, 4) is 0 Å². The summed E-state index contributed by atoms with van der Waals surface area (Å²) in [4.78, 5) is 13.5. The van der Waals surface area contributed by atoms with Crippen molar-refractivity contribution in [3.05, 3.63) is 36.5 Å². The molecule has 0 aliphatic carbocycles. The summed E-state index contributed by atoms with van der Waals surface area (Å²) in [5.74, 6) is -0.271. The molecule has 3 aliphatic heterocycles. The van der Waals surface area contributed by atoms with Gasteiger partial charge in [-0.05, 0) is 51.4 Å². The minimum absolute atomic E-state index is 0.244. The third-order valence-corrected chi connectivity index (χ3v) is 20.9. The number of nitrogens with one attached hydrogen (secondary N) is 1. The molecule has 0 bridgehead atoms. The molecule has 19 nitrogen and oxygen atoms in total. The molecule has 17 unspecified atom stereocenters. The van der Waals surface area contributed by atoms with E-state index < -0.39 is 124 Å². The van der Waals surface area contributed by atoms with Crippen LogP contribution in [0.5, 0.6) is 0 Å². The van der Waals surface area contributed by atoms with E-state index in [0.29, 0.717) is 6.42 Å². The average molecular weight is 1440 g/mol. The fourth-order valence-corrected chi connectivity index (χ4v) is 14.2. The molecule has 0 saturated carbocycles. The zero-order valence-electron chi connectivity index (χ0n) is 63.7. The molecule has 3 aliphatic rings. The Balaban J connectivity index is 1.36. The lowest BCUT2D eigenvalue weighted by atomic mass is 9.96. The van der Waals surface area contributed by atoms with Gasteiger partial charge in [-0.2, -0.15) is 0 Å². The number of aliphatic hydroxyl groups is 11. The number of amides is 1.